The number of aromatic nitrogens is 16. The molecule has 0 saturated carbocycles. The number of aliphatic imine (C=N–C) groups is 2. The summed E-state index contributed by atoms with van der Waals surface area (Å²) >= 11 is 5.14. The first kappa shape index (κ1) is 103. The lowest BCUT2D eigenvalue weighted by atomic mass is 9.81. The summed E-state index contributed by atoms with van der Waals surface area (Å²) in [5, 5.41) is 21.7. The van der Waals surface area contributed by atoms with Crippen LogP contribution in [-0.2, 0) is 95.6 Å². The number of aryl methyl sites for hydroxylation is 5. The smallest absolute Gasteiger partial charge is 0.480 e. The lowest BCUT2D eigenvalue weighted by Gasteiger charge is -2.32. The molecule has 0 bridgehead atoms. The van der Waals surface area contributed by atoms with E-state index in [1.54, 1.807) is 183 Å². The van der Waals surface area contributed by atoms with Gasteiger partial charge >= 0.3 is 60.8 Å². The van der Waals surface area contributed by atoms with Crippen LogP contribution in [0, 0.1) is 34.6 Å². The Morgan fingerprint density at radius 1 is 0.444 bits per heavy atom. The molecule has 8 aromatic heterocycles. The fourth-order valence-electron chi connectivity index (χ4n) is 9.98. The first-order chi connectivity index (χ1) is 58.1. The van der Waals surface area contributed by atoms with Gasteiger partial charge in [0, 0.05) is 93.3 Å². The van der Waals surface area contributed by atoms with Gasteiger partial charge < -0.3 is 52.3 Å². The van der Waals surface area contributed by atoms with Crippen molar-refractivity contribution in [3.05, 3.63) is 148 Å². The van der Waals surface area contributed by atoms with Crippen LogP contribution in [0.15, 0.2) is 106 Å². The lowest BCUT2D eigenvalue weighted by Crippen LogP contribution is -2.41. The minimum absolute atomic E-state index is 0.0497. The number of aliphatic carboxylic acids is 1. The number of hydrogen-bond donors (Lipinski definition) is 1. The molecule has 0 spiro atoms. The first-order valence-electron chi connectivity index (χ1n) is 39.1. The second-order valence-electron chi connectivity index (χ2n) is 30.5. The second-order valence-corrected chi connectivity index (χ2v) is 32.4. The van der Waals surface area contributed by atoms with E-state index in [-0.39, 0.29) is 104 Å². The number of esters is 8. The quantitative estimate of drug-likeness (QED) is 0.0216. The number of carboxylic acids is 1. The van der Waals surface area contributed by atoms with E-state index in [1.165, 1.54) is 20.1 Å². The van der Waals surface area contributed by atoms with Gasteiger partial charge in [-0.1, -0.05) is 15.9 Å². The molecule has 11 heterocycles. The highest BCUT2D eigenvalue weighted by molar-refractivity contribution is 14.1. The Hall–Kier alpha value is -11.7. The molecule has 666 valence electrons. The summed E-state index contributed by atoms with van der Waals surface area (Å²) in [4.78, 5) is 153. The van der Waals surface area contributed by atoms with Crippen molar-refractivity contribution in [3.8, 4) is 33.8 Å². The van der Waals surface area contributed by atoms with E-state index in [4.69, 9.17) is 52.3 Å². The van der Waals surface area contributed by atoms with Crippen molar-refractivity contribution < 1.29 is 95.5 Å². The standard InChI is InChI=1S/2C17H22N4O4.C13H14N4O4.C12H13N3O2.C11H17BN2O2.C7H8INO2.C6H11BrO2/c1-6-24-16(23)13-7-14(12-8-18-11(2)19-9-12)21(20-13)10-15(22)25-17(3,4)5;1-6-24-16(23)14-7-13(12-8-18-11(2)19-9-12)20-21(14)10-15(22)25-17(3,4)5;1-3-21-13(20)10-4-11(17(16-10)7-12(18)19)9-5-14-8(2)15-6-9;1-3-17-12(16)11-4-9(5-15-11)10-6-13-8(2)14-7-10;1-8-13-6-9(7-14-8)12-15-10(2,3)11(4,5)16-12;1-2-11-7(10)6-3-5(8)4-9-6;1-6(2,3)9-5(8)4-7/h2*7-9H,6,10H2,1-5H3;4-6H,3,7H2,1-2H3,(H,18,19);4,6-7H,3,5H2,1-2H3;6-7H,1-5H3;3H,2,4H2,1H3;4H2,1-3H3. The van der Waals surface area contributed by atoms with Gasteiger partial charge in [0.1, 0.15) is 88.0 Å². The highest BCUT2D eigenvalue weighted by Crippen LogP contribution is 2.36. The Morgan fingerprint density at radius 2 is 0.782 bits per heavy atom. The Labute approximate surface area is 741 Å². The largest absolute Gasteiger partial charge is 0.498 e. The molecule has 1 fully saturated rings. The third-order valence-corrected chi connectivity index (χ3v) is 17.2. The summed E-state index contributed by atoms with van der Waals surface area (Å²) in [7, 11) is -0.370. The molecule has 3 aliphatic rings. The van der Waals surface area contributed by atoms with Gasteiger partial charge in [-0.15, -0.1) is 0 Å². The molecule has 124 heavy (non-hydrogen) atoms. The summed E-state index contributed by atoms with van der Waals surface area (Å²) in [6, 6.07) is 4.57. The normalized spacial score (nSPS) is 13.3. The first-order valence-corrected chi connectivity index (χ1v) is 41.3. The number of carboxylic acid groups (broad SMARTS) is 1. The predicted molar refractivity (Wildman–Crippen MR) is 468 cm³/mol. The number of rotatable bonds is 22. The van der Waals surface area contributed by atoms with Gasteiger partial charge in [0.15, 0.2) is 11.4 Å². The number of carbonyl (C=O) groups is 9. The number of halogens is 2. The highest BCUT2D eigenvalue weighted by Gasteiger charge is 2.52. The van der Waals surface area contributed by atoms with Crippen LogP contribution in [0.3, 0.4) is 0 Å². The number of alkyl halides is 1. The van der Waals surface area contributed by atoms with Gasteiger partial charge in [0.05, 0.1) is 74.4 Å². The van der Waals surface area contributed by atoms with Gasteiger partial charge in [-0.3, -0.25) is 38.5 Å². The van der Waals surface area contributed by atoms with E-state index in [2.05, 4.69) is 114 Å². The fraction of sp³-hybridized carbons (Fsp3) is 0.470. The fourth-order valence-corrected chi connectivity index (χ4v) is 10.6. The summed E-state index contributed by atoms with van der Waals surface area (Å²) in [5.41, 5.74) is 4.91. The van der Waals surface area contributed by atoms with Crippen LogP contribution >= 0.6 is 38.5 Å². The second kappa shape index (κ2) is 47.8. The van der Waals surface area contributed by atoms with Crippen LogP contribution in [0.5, 0.6) is 0 Å². The molecular formula is C83H107BBrIN18O20. The maximum absolute atomic E-state index is 12.2. The van der Waals surface area contributed by atoms with Gasteiger partial charge in [-0.25, -0.2) is 78.5 Å². The Balaban J connectivity index is 0.000000263. The maximum atomic E-state index is 12.2. The zero-order valence-corrected chi connectivity index (χ0v) is 77.8. The van der Waals surface area contributed by atoms with E-state index in [0.717, 1.165) is 31.8 Å². The van der Waals surface area contributed by atoms with E-state index < -0.39 is 47.0 Å². The van der Waals surface area contributed by atoms with Gasteiger partial charge in [-0.05, 0) is 218 Å². The maximum Gasteiger partial charge on any atom is 0.498 e. The molecule has 1 saturated heterocycles. The van der Waals surface area contributed by atoms with Gasteiger partial charge in [-0.2, -0.15) is 15.3 Å². The van der Waals surface area contributed by atoms with Crippen molar-refractivity contribution in [1.82, 2.24) is 79.2 Å². The molecule has 38 nitrogen and oxygen atoms in total. The molecule has 0 amide bonds. The lowest BCUT2D eigenvalue weighted by molar-refractivity contribution is -0.156. The monoisotopic (exact) mass is 1890 g/mol. The molecular weight excluding hydrogens is 1790 g/mol. The Morgan fingerprint density at radius 3 is 1.15 bits per heavy atom. The third kappa shape index (κ3) is 34.5. The average Bonchev–Trinajstić information content (AvgIpc) is 1.61. The summed E-state index contributed by atoms with van der Waals surface area (Å²) < 4.78 is 56.8. The molecule has 1 N–H and O–H groups in total. The van der Waals surface area contributed by atoms with E-state index in [1.807, 2.05) is 62.3 Å². The summed E-state index contributed by atoms with van der Waals surface area (Å²) in [6.07, 6.45) is 20.0. The molecule has 11 rings (SSSR count). The average molecular weight is 1890 g/mol. The molecule has 0 aromatic carbocycles. The van der Waals surface area contributed by atoms with Crippen molar-refractivity contribution in [3.63, 3.8) is 0 Å². The van der Waals surface area contributed by atoms with E-state index >= 15 is 0 Å². The van der Waals surface area contributed by atoms with Crippen molar-refractivity contribution in [1.29, 1.82) is 0 Å². The number of carbonyl (C=O) groups excluding carboxylic acids is 8. The minimum atomic E-state index is -1.07. The Bertz CT molecular complexity index is 5080. The molecule has 0 radical (unpaired) electrons. The van der Waals surface area contributed by atoms with Crippen LogP contribution < -0.4 is 5.46 Å². The van der Waals surface area contributed by atoms with Crippen LogP contribution in [0.2, 0.25) is 0 Å². The van der Waals surface area contributed by atoms with E-state index in [0.29, 0.717) is 89.0 Å². The third-order valence-electron chi connectivity index (χ3n) is 16.1. The van der Waals surface area contributed by atoms with E-state index in [9.17, 15) is 43.2 Å². The highest BCUT2D eigenvalue weighted by atomic mass is 127. The topological polar surface area (TPSA) is 473 Å². The van der Waals surface area contributed by atoms with Crippen molar-refractivity contribution in [2.75, 3.05) is 51.5 Å². The molecule has 8 aromatic rings. The zero-order chi connectivity index (χ0) is 92.6. The number of hydrogen-bond acceptors (Lipinski definition) is 34. The van der Waals surface area contributed by atoms with Crippen LogP contribution in [0.1, 0.15) is 191 Å². The van der Waals surface area contributed by atoms with Gasteiger partial charge in [0.25, 0.3) is 0 Å². The summed E-state index contributed by atoms with van der Waals surface area (Å²) in [6.45, 7) is 43.8. The van der Waals surface area contributed by atoms with Crippen LogP contribution in [-0.4, -0.2) is 236 Å². The predicted octanol–water partition coefficient (Wildman–Crippen LogP) is 10.6. The number of nitrogens with zero attached hydrogens (tertiary/aromatic N) is 18. The van der Waals surface area contributed by atoms with Crippen molar-refractivity contribution in [2.45, 2.75) is 207 Å². The molecule has 0 unspecified atom stereocenters. The van der Waals surface area contributed by atoms with Crippen molar-refractivity contribution >= 4 is 122 Å². The van der Waals surface area contributed by atoms with Crippen molar-refractivity contribution in [2.24, 2.45) is 9.98 Å². The molecule has 0 atom stereocenters. The SMILES string of the molecule is CC(C)(C)OC(=O)CBr.CCOC(=O)C1=NCC(I)=C1.CCOC(=O)C1=NCC(c2cnc(C)nc2)=C1.CCOC(=O)c1cc(-c2cnc(C)nc2)n(CC(=O)O)n1.CCOC(=O)c1cc(-c2cnc(C)nc2)n(CC(=O)OC(C)(C)C)n1.CCOC(=O)c1cc(-c2cnc(C)nc2)nn1CC(=O)OC(C)(C)C.Cc1ncc(B2OC(C)(C)C(C)(C)O2)cn1. The number of ether oxygens (including phenoxy) is 8. The zero-order valence-electron chi connectivity index (χ0n) is 74.0. The van der Waals surface area contributed by atoms with Crippen LogP contribution in [0.4, 0.5) is 0 Å². The molecule has 0 aliphatic carbocycles. The molecule has 41 heteroatoms. The van der Waals surface area contributed by atoms with Gasteiger partial charge in [0.2, 0.25) is 0 Å². The molecule has 3 aliphatic heterocycles. The van der Waals surface area contributed by atoms with Crippen LogP contribution in [0.25, 0.3) is 39.3 Å². The Kier molecular flexibility index (Phi) is 39.6. The summed E-state index contributed by atoms with van der Waals surface area (Å²) in [5.74, 6) is -1.34. The minimum Gasteiger partial charge on any atom is -0.480 e.